The van der Waals surface area contributed by atoms with Crippen LogP contribution in [0, 0.1) is 0 Å². The minimum Gasteiger partial charge on any atom is -0.451 e. The first-order valence-electron chi connectivity index (χ1n) is 5.89. The number of anilines is 1. The number of rotatable bonds is 3. The Morgan fingerprint density at radius 3 is 2.65 bits per heavy atom. The van der Waals surface area contributed by atoms with Crippen molar-refractivity contribution in [2.24, 2.45) is 0 Å². The molecule has 0 atom stereocenters. The molecular formula is C14H10N4O2. The molecule has 0 aliphatic heterocycles. The molecule has 0 spiro atoms. The lowest BCUT2D eigenvalue weighted by atomic mass is 10.3. The van der Waals surface area contributed by atoms with Crippen LogP contribution in [0.25, 0.3) is 11.3 Å². The second-order valence-electron chi connectivity index (χ2n) is 3.99. The van der Waals surface area contributed by atoms with E-state index < -0.39 is 0 Å². The highest BCUT2D eigenvalue weighted by Crippen LogP contribution is 2.21. The van der Waals surface area contributed by atoms with Gasteiger partial charge in [-0.15, -0.1) is 0 Å². The van der Waals surface area contributed by atoms with Gasteiger partial charge in [-0.1, -0.05) is 0 Å². The number of nitrogens with one attached hydrogen (secondary N) is 1. The van der Waals surface area contributed by atoms with Gasteiger partial charge < -0.3 is 9.73 Å². The summed E-state index contributed by atoms with van der Waals surface area (Å²) in [6.07, 6.45) is 7.87. The van der Waals surface area contributed by atoms with Crippen molar-refractivity contribution in [3.63, 3.8) is 0 Å². The Hall–Kier alpha value is -3.02. The largest absolute Gasteiger partial charge is 0.451 e. The molecule has 0 aliphatic carbocycles. The van der Waals surface area contributed by atoms with Crippen LogP contribution < -0.4 is 5.32 Å². The summed E-state index contributed by atoms with van der Waals surface area (Å²) in [6.45, 7) is 0. The molecule has 1 amide bonds. The van der Waals surface area contributed by atoms with Gasteiger partial charge in [0.15, 0.2) is 5.76 Å². The smallest absolute Gasteiger partial charge is 0.291 e. The molecule has 0 saturated heterocycles. The zero-order valence-electron chi connectivity index (χ0n) is 10.4. The van der Waals surface area contributed by atoms with Crippen LogP contribution in [0.5, 0.6) is 0 Å². The van der Waals surface area contributed by atoms with E-state index in [0.29, 0.717) is 17.0 Å². The van der Waals surface area contributed by atoms with E-state index in [1.54, 1.807) is 49.1 Å². The highest BCUT2D eigenvalue weighted by molar-refractivity contribution is 6.02. The standard InChI is InChI=1S/C14H10N4O2/c19-14(18-11-2-1-5-15-8-11)13-4-3-12(20-13)10-6-16-9-17-7-10/h1-9H,(H,18,19). The van der Waals surface area contributed by atoms with Gasteiger partial charge in [-0.05, 0) is 24.3 Å². The third kappa shape index (κ3) is 2.54. The number of amides is 1. The van der Waals surface area contributed by atoms with Crippen LogP contribution in [0.15, 0.2) is 59.8 Å². The van der Waals surface area contributed by atoms with Crippen LogP contribution in [0.2, 0.25) is 0 Å². The van der Waals surface area contributed by atoms with Crippen molar-refractivity contribution in [1.82, 2.24) is 15.0 Å². The summed E-state index contributed by atoms with van der Waals surface area (Å²) < 4.78 is 5.49. The van der Waals surface area contributed by atoms with Crippen LogP contribution in [-0.2, 0) is 0 Å². The van der Waals surface area contributed by atoms with Gasteiger partial charge >= 0.3 is 0 Å². The highest BCUT2D eigenvalue weighted by Gasteiger charge is 2.12. The van der Waals surface area contributed by atoms with E-state index in [1.165, 1.54) is 6.33 Å². The Morgan fingerprint density at radius 2 is 1.90 bits per heavy atom. The zero-order chi connectivity index (χ0) is 13.8. The topological polar surface area (TPSA) is 80.9 Å². The van der Waals surface area contributed by atoms with Crippen molar-refractivity contribution in [3.8, 4) is 11.3 Å². The van der Waals surface area contributed by atoms with Gasteiger partial charge in [-0.2, -0.15) is 0 Å². The van der Waals surface area contributed by atoms with Crippen molar-refractivity contribution in [2.75, 3.05) is 5.32 Å². The van der Waals surface area contributed by atoms with Gasteiger partial charge in [0.25, 0.3) is 5.91 Å². The van der Waals surface area contributed by atoms with Gasteiger partial charge in [0, 0.05) is 18.6 Å². The molecule has 0 bridgehead atoms. The number of furan rings is 1. The molecule has 0 unspecified atom stereocenters. The fourth-order valence-electron chi connectivity index (χ4n) is 1.67. The number of aromatic nitrogens is 3. The molecule has 0 saturated carbocycles. The molecule has 3 rings (SSSR count). The summed E-state index contributed by atoms with van der Waals surface area (Å²) in [7, 11) is 0. The monoisotopic (exact) mass is 266 g/mol. The van der Waals surface area contributed by atoms with Gasteiger partial charge in [-0.25, -0.2) is 9.97 Å². The number of hydrogen-bond acceptors (Lipinski definition) is 5. The quantitative estimate of drug-likeness (QED) is 0.787. The molecule has 0 fully saturated rings. The summed E-state index contributed by atoms with van der Waals surface area (Å²) in [6, 6.07) is 6.80. The number of carbonyl (C=O) groups excluding carboxylic acids is 1. The Bertz CT molecular complexity index is 710. The van der Waals surface area contributed by atoms with E-state index in [-0.39, 0.29) is 11.7 Å². The normalized spacial score (nSPS) is 10.2. The fraction of sp³-hybridized carbons (Fsp3) is 0. The Kier molecular flexibility index (Phi) is 3.20. The Labute approximate surface area is 114 Å². The van der Waals surface area contributed by atoms with Gasteiger partial charge in [-0.3, -0.25) is 9.78 Å². The second kappa shape index (κ2) is 5.31. The predicted octanol–water partition coefficient (Wildman–Crippen LogP) is 2.38. The van der Waals surface area contributed by atoms with Crippen LogP contribution >= 0.6 is 0 Å². The molecule has 3 heterocycles. The first-order chi connectivity index (χ1) is 9.83. The fourth-order valence-corrected chi connectivity index (χ4v) is 1.67. The van der Waals surface area contributed by atoms with Crippen LogP contribution in [0.4, 0.5) is 5.69 Å². The van der Waals surface area contributed by atoms with E-state index in [1.807, 2.05) is 0 Å². The maximum atomic E-state index is 12.0. The van der Waals surface area contributed by atoms with Crippen molar-refractivity contribution < 1.29 is 9.21 Å². The molecule has 6 nitrogen and oxygen atoms in total. The summed E-state index contributed by atoms with van der Waals surface area (Å²) in [4.78, 5) is 23.7. The van der Waals surface area contributed by atoms with E-state index in [9.17, 15) is 4.79 Å². The van der Waals surface area contributed by atoms with E-state index in [0.717, 1.165) is 0 Å². The molecule has 0 aromatic carbocycles. The molecular weight excluding hydrogens is 256 g/mol. The summed E-state index contributed by atoms with van der Waals surface area (Å²) in [5.74, 6) is 0.427. The Balaban J connectivity index is 1.79. The molecule has 3 aromatic rings. The van der Waals surface area contributed by atoms with E-state index in [4.69, 9.17) is 4.42 Å². The zero-order valence-corrected chi connectivity index (χ0v) is 10.4. The number of nitrogens with zero attached hydrogens (tertiary/aromatic N) is 3. The Morgan fingerprint density at radius 1 is 1.05 bits per heavy atom. The van der Waals surface area contributed by atoms with Crippen molar-refractivity contribution in [2.45, 2.75) is 0 Å². The molecule has 20 heavy (non-hydrogen) atoms. The second-order valence-corrected chi connectivity index (χ2v) is 3.99. The number of carbonyl (C=O) groups is 1. The lowest BCUT2D eigenvalue weighted by Crippen LogP contribution is -2.10. The van der Waals surface area contributed by atoms with Gasteiger partial charge in [0.2, 0.25) is 0 Å². The number of hydrogen-bond donors (Lipinski definition) is 1. The molecule has 3 aromatic heterocycles. The first kappa shape index (κ1) is 12.0. The van der Waals surface area contributed by atoms with Crippen LogP contribution in [0.1, 0.15) is 10.6 Å². The average molecular weight is 266 g/mol. The van der Waals surface area contributed by atoms with Crippen molar-refractivity contribution >= 4 is 11.6 Å². The summed E-state index contributed by atoms with van der Waals surface area (Å²) >= 11 is 0. The third-order valence-corrected chi connectivity index (χ3v) is 2.59. The van der Waals surface area contributed by atoms with Crippen LogP contribution in [-0.4, -0.2) is 20.9 Å². The third-order valence-electron chi connectivity index (χ3n) is 2.59. The van der Waals surface area contributed by atoms with Crippen molar-refractivity contribution in [1.29, 1.82) is 0 Å². The van der Waals surface area contributed by atoms with E-state index in [2.05, 4.69) is 20.3 Å². The molecule has 0 radical (unpaired) electrons. The predicted molar refractivity (Wildman–Crippen MR) is 71.9 cm³/mol. The first-order valence-corrected chi connectivity index (χ1v) is 5.89. The molecule has 6 heteroatoms. The number of pyridine rings is 1. The van der Waals surface area contributed by atoms with Crippen molar-refractivity contribution in [3.05, 3.63) is 61.1 Å². The minimum absolute atomic E-state index is 0.215. The average Bonchev–Trinajstić information content (AvgIpc) is 2.99. The van der Waals surface area contributed by atoms with Gasteiger partial charge in [0.1, 0.15) is 12.1 Å². The minimum atomic E-state index is -0.332. The SMILES string of the molecule is O=C(Nc1cccnc1)c1ccc(-c2cncnc2)o1. The summed E-state index contributed by atoms with van der Waals surface area (Å²) in [5.41, 5.74) is 1.33. The molecule has 98 valence electrons. The van der Waals surface area contributed by atoms with Gasteiger partial charge in [0.05, 0.1) is 17.4 Å². The van der Waals surface area contributed by atoms with Crippen LogP contribution in [0.3, 0.4) is 0 Å². The summed E-state index contributed by atoms with van der Waals surface area (Å²) in [5, 5.41) is 2.70. The van der Waals surface area contributed by atoms with E-state index >= 15 is 0 Å². The lowest BCUT2D eigenvalue weighted by molar-refractivity contribution is 0.0997. The lowest BCUT2D eigenvalue weighted by Gasteiger charge is -2.01. The highest BCUT2D eigenvalue weighted by atomic mass is 16.3. The molecule has 0 aliphatic rings. The maximum Gasteiger partial charge on any atom is 0.291 e. The molecule has 1 N–H and O–H groups in total. The maximum absolute atomic E-state index is 12.0.